The number of Topliss-reactive ketones (excluding diaryl/α,β-unsaturated/α-hetero) is 1. The van der Waals surface area contributed by atoms with E-state index in [1.54, 1.807) is 0 Å². The van der Waals surface area contributed by atoms with Crippen LogP contribution in [-0.4, -0.2) is 18.4 Å². The minimum absolute atomic E-state index is 0.0188. The Morgan fingerprint density at radius 1 is 1.50 bits per heavy atom. The van der Waals surface area contributed by atoms with Gasteiger partial charge in [0.1, 0.15) is 5.00 Å². The molecule has 18 heavy (non-hydrogen) atoms. The minimum atomic E-state index is -0.0188. The number of nitrogens with one attached hydrogen (secondary N) is 1. The smallest absolute Gasteiger partial charge is 0.177 e. The largest absolute Gasteiger partial charge is 0.486 e. The molecule has 1 aromatic heterocycles. The Bertz CT molecular complexity index is 413. The number of rotatable bonds is 7. The third-order valence-electron chi connectivity index (χ3n) is 2.39. The lowest BCUT2D eigenvalue weighted by atomic mass is 10.3. The van der Waals surface area contributed by atoms with E-state index in [0.29, 0.717) is 16.3 Å². The summed E-state index contributed by atoms with van der Waals surface area (Å²) in [5.74, 6) is 0.603. The summed E-state index contributed by atoms with van der Waals surface area (Å²) < 4.78 is 5.71. The zero-order chi connectivity index (χ0) is 13.7. The van der Waals surface area contributed by atoms with Crippen LogP contribution in [0.15, 0.2) is 0 Å². The minimum Gasteiger partial charge on any atom is -0.486 e. The van der Waals surface area contributed by atoms with Crippen LogP contribution in [0.4, 0.5) is 10.7 Å². The zero-order valence-corrected chi connectivity index (χ0v) is 12.3. The number of carbonyl (C=O) groups is 1. The molecule has 0 spiro atoms. The van der Waals surface area contributed by atoms with Gasteiger partial charge in [-0.1, -0.05) is 13.3 Å². The van der Waals surface area contributed by atoms with Crippen LogP contribution >= 0.6 is 11.3 Å². The zero-order valence-electron chi connectivity index (χ0n) is 11.5. The van der Waals surface area contributed by atoms with Crippen molar-refractivity contribution in [2.75, 3.05) is 17.6 Å². The summed E-state index contributed by atoms with van der Waals surface area (Å²) in [4.78, 5) is 12.1. The molecule has 0 atom stereocenters. The molecule has 0 aromatic carbocycles. The molecule has 4 nitrogen and oxygen atoms in total. The summed E-state index contributed by atoms with van der Waals surface area (Å²) in [5, 5.41) is 4.16. The quantitative estimate of drug-likeness (QED) is 0.587. The van der Waals surface area contributed by atoms with Gasteiger partial charge in [0.05, 0.1) is 16.7 Å². The van der Waals surface area contributed by atoms with E-state index in [1.165, 1.54) is 18.3 Å². The van der Waals surface area contributed by atoms with E-state index in [9.17, 15) is 4.79 Å². The lowest BCUT2D eigenvalue weighted by molar-refractivity contribution is 0.102. The molecule has 0 saturated carbocycles. The molecular formula is C13H22N2O2S. The van der Waals surface area contributed by atoms with E-state index in [0.717, 1.165) is 24.4 Å². The standard InChI is InChI=1S/C13H22N2O2S/c1-5-6-7-15-13-11(17-8(2)3)10(14)12(18-13)9(4)16/h8,15H,5-7,14H2,1-4H3. The average Bonchev–Trinajstić information content (AvgIpc) is 2.57. The van der Waals surface area contributed by atoms with E-state index in [1.807, 2.05) is 13.8 Å². The first-order chi connectivity index (χ1) is 8.47. The molecule has 0 fully saturated rings. The van der Waals surface area contributed by atoms with Gasteiger partial charge in [-0.3, -0.25) is 4.79 Å². The van der Waals surface area contributed by atoms with Gasteiger partial charge in [-0.15, -0.1) is 11.3 Å². The molecule has 3 N–H and O–H groups in total. The highest BCUT2D eigenvalue weighted by molar-refractivity contribution is 7.19. The molecule has 0 bridgehead atoms. The molecule has 1 rings (SSSR count). The number of hydrogen-bond acceptors (Lipinski definition) is 5. The second-order valence-electron chi connectivity index (χ2n) is 4.51. The van der Waals surface area contributed by atoms with Crippen LogP contribution < -0.4 is 15.8 Å². The molecule has 0 radical (unpaired) electrons. The van der Waals surface area contributed by atoms with Crippen molar-refractivity contribution in [2.24, 2.45) is 0 Å². The summed E-state index contributed by atoms with van der Waals surface area (Å²) >= 11 is 1.38. The van der Waals surface area contributed by atoms with E-state index in [4.69, 9.17) is 10.5 Å². The van der Waals surface area contributed by atoms with Crippen molar-refractivity contribution in [3.05, 3.63) is 4.88 Å². The Labute approximate surface area is 113 Å². The second kappa shape index (κ2) is 6.64. The molecule has 0 aliphatic heterocycles. The van der Waals surface area contributed by atoms with Gasteiger partial charge >= 0.3 is 0 Å². The molecule has 5 heteroatoms. The summed E-state index contributed by atoms with van der Waals surface area (Å²) in [6.45, 7) is 8.41. The third-order valence-corrected chi connectivity index (χ3v) is 3.63. The van der Waals surface area contributed by atoms with Crippen LogP contribution in [0.1, 0.15) is 50.2 Å². The van der Waals surface area contributed by atoms with Crippen molar-refractivity contribution in [3.63, 3.8) is 0 Å². The van der Waals surface area contributed by atoms with Crippen molar-refractivity contribution >= 4 is 27.8 Å². The maximum absolute atomic E-state index is 11.5. The van der Waals surface area contributed by atoms with Gasteiger partial charge in [0, 0.05) is 13.5 Å². The highest BCUT2D eigenvalue weighted by Gasteiger charge is 2.20. The second-order valence-corrected chi connectivity index (χ2v) is 5.53. The van der Waals surface area contributed by atoms with Crippen LogP contribution in [0, 0.1) is 0 Å². The first-order valence-corrected chi connectivity index (χ1v) is 7.12. The predicted molar refractivity (Wildman–Crippen MR) is 77.9 cm³/mol. The summed E-state index contributed by atoms with van der Waals surface area (Å²) in [5.41, 5.74) is 6.44. The number of thiophene rings is 1. The molecular weight excluding hydrogens is 248 g/mol. The number of anilines is 2. The monoisotopic (exact) mass is 270 g/mol. The van der Waals surface area contributed by atoms with Crippen molar-refractivity contribution in [1.82, 2.24) is 0 Å². The van der Waals surface area contributed by atoms with Gasteiger partial charge in [0.25, 0.3) is 0 Å². The van der Waals surface area contributed by atoms with E-state index < -0.39 is 0 Å². The molecule has 102 valence electrons. The van der Waals surface area contributed by atoms with Crippen LogP contribution in [-0.2, 0) is 0 Å². The number of ether oxygens (including phenoxy) is 1. The number of nitrogen functional groups attached to an aromatic ring is 1. The molecule has 0 amide bonds. The number of carbonyl (C=O) groups excluding carboxylic acids is 1. The third kappa shape index (κ3) is 3.63. The van der Waals surface area contributed by atoms with Crippen LogP contribution in [0.25, 0.3) is 0 Å². The van der Waals surface area contributed by atoms with Crippen molar-refractivity contribution in [1.29, 1.82) is 0 Å². The first-order valence-electron chi connectivity index (χ1n) is 6.31. The summed E-state index contributed by atoms with van der Waals surface area (Å²) in [6, 6.07) is 0. The molecule has 0 saturated heterocycles. The van der Waals surface area contributed by atoms with Gasteiger partial charge in [-0.2, -0.15) is 0 Å². The van der Waals surface area contributed by atoms with E-state index in [-0.39, 0.29) is 11.9 Å². The maximum atomic E-state index is 11.5. The normalized spacial score (nSPS) is 10.7. The Kier molecular flexibility index (Phi) is 5.47. The Morgan fingerprint density at radius 2 is 2.17 bits per heavy atom. The Balaban J connectivity index is 2.97. The maximum Gasteiger partial charge on any atom is 0.177 e. The van der Waals surface area contributed by atoms with Crippen LogP contribution in [0.5, 0.6) is 5.75 Å². The Morgan fingerprint density at radius 3 is 2.67 bits per heavy atom. The number of hydrogen-bond donors (Lipinski definition) is 2. The van der Waals surface area contributed by atoms with Gasteiger partial charge in [0.2, 0.25) is 0 Å². The molecule has 0 aliphatic rings. The predicted octanol–water partition coefficient (Wildman–Crippen LogP) is 3.53. The van der Waals surface area contributed by atoms with Crippen LogP contribution in [0.2, 0.25) is 0 Å². The summed E-state index contributed by atoms with van der Waals surface area (Å²) in [6.07, 6.45) is 2.23. The fraction of sp³-hybridized carbons (Fsp3) is 0.615. The lowest BCUT2D eigenvalue weighted by Gasteiger charge is -2.12. The summed E-state index contributed by atoms with van der Waals surface area (Å²) in [7, 11) is 0. The van der Waals surface area contributed by atoms with Gasteiger partial charge in [-0.25, -0.2) is 0 Å². The van der Waals surface area contributed by atoms with Crippen molar-refractivity contribution in [3.8, 4) is 5.75 Å². The average molecular weight is 270 g/mol. The van der Waals surface area contributed by atoms with Gasteiger partial charge in [-0.05, 0) is 20.3 Å². The van der Waals surface area contributed by atoms with Crippen molar-refractivity contribution < 1.29 is 9.53 Å². The molecule has 0 aliphatic carbocycles. The highest BCUT2D eigenvalue weighted by atomic mass is 32.1. The SMILES string of the molecule is CCCCNc1sc(C(C)=O)c(N)c1OC(C)C. The molecule has 1 aromatic rings. The number of nitrogens with two attached hydrogens (primary N) is 1. The lowest BCUT2D eigenvalue weighted by Crippen LogP contribution is -2.09. The van der Waals surface area contributed by atoms with Crippen molar-refractivity contribution in [2.45, 2.75) is 46.6 Å². The molecule has 1 heterocycles. The van der Waals surface area contributed by atoms with Crippen LogP contribution in [0.3, 0.4) is 0 Å². The Hall–Kier alpha value is -1.23. The topological polar surface area (TPSA) is 64.4 Å². The first kappa shape index (κ1) is 14.8. The van der Waals surface area contributed by atoms with Gasteiger partial charge in [0.15, 0.2) is 11.5 Å². The fourth-order valence-electron chi connectivity index (χ4n) is 1.54. The number of unbranched alkanes of at least 4 members (excludes halogenated alkanes) is 1. The van der Waals surface area contributed by atoms with Gasteiger partial charge < -0.3 is 15.8 Å². The van der Waals surface area contributed by atoms with E-state index >= 15 is 0 Å². The highest BCUT2D eigenvalue weighted by Crippen LogP contribution is 2.43. The fourth-order valence-corrected chi connectivity index (χ4v) is 2.51. The van der Waals surface area contributed by atoms with E-state index in [2.05, 4.69) is 12.2 Å². The molecule has 0 unspecified atom stereocenters. The number of ketones is 1.